The molecule has 1 aromatic heterocycles. The average Bonchev–Trinajstić information content (AvgIpc) is 2.50. The molecular weight excluding hydrogens is 355 g/mol. The zero-order valence-electron chi connectivity index (χ0n) is 10.9. The van der Waals surface area contributed by atoms with Gasteiger partial charge >= 0.3 is 0 Å². The van der Waals surface area contributed by atoms with Gasteiger partial charge in [-0.25, -0.2) is 4.39 Å². The number of hydrogen-bond acceptors (Lipinski definition) is 2. The Kier molecular flexibility index (Phi) is 4.08. The fourth-order valence-corrected chi connectivity index (χ4v) is 2.59. The van der Waals surface area contributed by atoms with Crippen LogP contribution in [0.15, 0.2) is 53.1 Å². The first kappa shape index (κ1) is 14.3. The van der Waals surface area contributed by atoms with E-state index < -0.39 is 0 Å². The van der Waals surface area contributed by atoms with Gasteiger partial charge in [-0.2, -0.15) is 0 Å². The molecule has 0 saturated carbocycles. The van der Waals surface area contributed by atoms with Crippen LogP contribution in [0.25, 0.3) is 10.9 Å². The molecule has 0 aliphatic carbocycles. The van der Waals surface area contributed by atoms with E-state index in [4.69, 9.17) is 11.6 Å². The van der Waals surface area contributed by atoms with E-state index in [0.29, 0.717) is 16.0 Å². The summed E-state index contributed by atoms with van der Waals surface area (Å²) in [7, 11) is 0. The van der Waals surface area contributed by atoms with E-state index in [0.717, 1.165) is 22.2 Å². The summed E-state index contributed by atoms with van der Waals surface area (Å²) in [5.41, 5.74) is 2.54. The Morgan fingerprint density at radius 2 is 2.05 bits per heavy atom. The molecule has 1 N–H and O–H groups in total. The monoisotopic (exact) mass is 364 g/mol. The third kappa shape index (κ3) is 3.01. The highest BCUT2D eigenvalue weighted by Crippen LogP contribution is 2.28. The van der Waals surface area contributed by atoms with Gasteiger partial charge in [-0.1, -0.05) is 17.7 Å². The number of aromatic nitrogens is 1. The second-order valence-electron chi connectivity index (χ2n) is 4.60. The van der Waals surface area contributed by atoms with Crippen molar-refractivity contribution in [3.05, 3.63) is 69.5 Å². The predicted molar refractivity (Wildman–Crippen MR) is 88.2 cm³/mol. The molecule has 0 spiro atoms. The fraction of sp³-hybridized carbons (Fsp3) is 0.0625. The van der Waals surface area contributed by atoms with Crippen LogP contribution in [-0.4, -0.2) is 4.98 Å². The molecule has 106 valence electrons. The molecule has 5 heteroatoms. The number of anilines is 1. The zero-order chi connectivity index (χ0) is 14.8. The number of nitrogens with one attached hydrogen (secondary N) is 1. The summed E-state index contributed by atoms with van der Waals surface area (Å²) < 4.78 is 14.0. The molecule has 0 aliphatic heterocycles. The van der Waals surface area contributed by atoms with Crippen molar-refractivity contribution < 1.29 is 4.39 Å². The lowest BCUT2D eigenvalue weighted by Gasteiger charge is -2.10. The van der Waals surface area contributed by atoms with Crippen molar-refractivity contribution >= 4 is 44.1 Å². The summed E-state index contributed by atoms with van der Waals surface area (Å²) >= 11 is 9.31. The van der Waals surface area contributed by atoms with Gasteiger partial charge in [0.05, 0.1) is 20.7 Å². The van der Waals surface area contributed by atoms with Gasteiger partial charge in [0, 0.05) is 18.1 Å². The van der Waals surface area contributed by atoms with Crippen LogP contribution in [0, 0.1) is 5.82 Å². The number of halogens is 3. The smallest absolute Gasteiger partial charge is 0.137 e. The number of benzene rings is 2. The molecular formula is C16H11BrClFN2. The van der Waals surface area contributed by atoms with Crippen molar-refractivity contribution in [2.45, 2.75) is 6.54 Å². The van der Waals surface area contributed by atoms with Crippen molar-refractivity contribution in [2.75, 3.05) is 5.32 Å². The topological polar surface area (TPSA) is 24.9 Å². The molecule has 3 rings (SSSR count). The maximum absolute atomic E-state index is 13.5. The van der Waals surface area contributed by atoms with Gasteiger partial charge in [0.15, 0.2) is 0 Å². The number of rotatable bonds is 3. The highest BCUT2D eigenvalue weighted by atomic mass is 79.9. The molecule has 0 amide bonds. The van der Waals surface area contributed by atoms with Gasteiger partial charge in [-0.05, 0) is 57.9 Å². The van der Waals surface area contributed by atoms with E-state index in [1.807, 2.05) is 30.3 Å². The molecule has 0 fully saturated rings. The van der Waals surface area contributed by atoms with Crippen molar-refractivity contribution in [1.82, 2.24) is 4.98 Å². The van der Waals surface area contributed by atoms with Crippen LogP contribution in [0.2, 0.25) is 5.02 Å². The predicted octanol–water partition coefficient (Wildman–Crippen LogP) is 5.40. The van der Waals surface area contributed by atoms with Crippen LogP contribution in [0.5, 0.6) is 0 Å². The van der Waals surface area contributed by atoms with Crippen LogP contribution in [-0.2, 0) is 6.54 Å². The fourth-order valence-electron chi connectivity index (χ4n) is 2.13. The van der Waals surface area contributed by atoms with Crippen molar-refractivity contribution in [3.8, 4) is 0 Å². The van der Waals surface area contributed by atoms with E-state index >= 15 is 0 Å². The second kappa shape index (κ2) is 6.00. The number of fused-ring (bicyclic) bond motifs is 1. The van der Waals surface area contributed by atoms with Crippen LogP contribution in [0.3, 0.4) is 0 Å². The van der Waals surface area contributed by atoms with Gasteiger partial charge in [0.2, 0.25) is 0 Å². The maximum atomic E-state index is 13.5. The SMILES string of the molecule is Fc1cc(CNc2ccc(Cl)c3cccnc23)ccc1Br. The molecule has 0 radical (unpaired) electrons. The third-order valence-corrected chi connectivity index (χ3v) is 4.16. The lowest BCUT2D eigenvalue weighted by atomic mass is 10.1. The molecule has 2 aromatic carbocycles. The van der Waals surface area contributed by atoms with Gasteiger partial charge in [0.25, 0.3) is 0 Å². The van der Waals surface area contributed by atoms with Crippen molar-refractivity contribution in [1.29, 1.82) is 0 Å². The molecule has 0 bridgehead atoms. The number of pyridine rings is 1. The van der Waals surface area contributed by atoms with Gasteiger partial charge in [-0.15, -0.1) is 0 Å². The van der Waals surface area contributed by atoms with Gasteiger partial charge < -0.3 is 5.32 Å². The molecule has 0 aliphatic rings. The molecule has 21 heavy (non-hydrogen) atoms. The van der Waals surface area contributed by atoms with Crippen molar-refractivity contribution in [3.63, 3.8) is 0 Å². The van der Waals surface area contributed by atoms with E-state index in [-0.39, 0.29) is 5.82 Å². The molecule has 0 unspecified atom stereocenters. The van der Waals surface area contributed by atoms with Gasteiger partial charge in [0.1, 0.15) is 5.82 Å². The minimum Gasteiger partial charge on any atom is -0.379 e. The van der Waals surface area contributed by atoms with Crippen LogP contribution in [0.1, 0.15) is 5.56 Å². The largest absolute Gasteiger partial charge is 0.379 e. The summed E-state index contributed by atoms with van der Waals surface area (Å²) in [4.78, 5) is 4.36. The first-order valence-corrected chi connectivity index (χ1v) is 7.53. The molecule has 0 saturated heterocycles. The lowest BCUT2D eigenvalue weighted by Crippen LogP contribution is -2.01. The Morgan fingerprint density at radius 1 is 1.19 bits per heavy atom. The van der Waals surface area contributed by atoms with Gasteiger partial charge in [-0.3, -0.25) is 4.98 Å². The Labute approximate surface area is 135 Å². The number of hydrogen-bond donors (Lipinski definition) is 1. The Balaban J connectivity index is 1.88. The summed E-state index contributed by atoms with van der Waals surface area (Å²) in [5.74, 6) is -0.270. The Bertz CT molecular complexity index is 807. The highest BCUT2D eigenvalue weighted by Gasteiger charge is 2.06. The van der Waals surface area contributed by atoms with Crippen molar-refractivity contribution in [2.24, 2.45) is 0 Å². The standard InChI is InChI=1S/C16H11BrClFN2/c17-12-4-3-10(8-14(12)19)9-21-15-6-5-13(18)11-2-1-7-20-16(11)15/h1-8,21H,9H2. The highest BCUT2D eigenvalue weighted by molar-refractivity contribution is 9.10. The van der Waals surface area contributed by atoms with Crippen LogP contribution in [0.4, 0.5) is 10.1 Å². The zero-order valence-corrected chi connectivity index (χ0v) is 13.2. The summed E-state index contributed by atoms with van der Waals surface area (Å²) in [5, 5.41) is 4.83. The minimum absolute atomic E-state index is 0.270. The van der Waals surface area contributed by atoms with E-state index in [1.165, 1.54) is 6.07 Å². The summed E-state index contributed by atoms with van der Waals surface area (Å²) in [6, 6.07) is 12.6. The van der Waals surface area contributed by atoms with E-state index in [9.17, 15) is 4.39 Å². The lowest BCUT2D eigenvalue weighted by molar-refractivity contribution is 0.619. The third-order valence-electron chi connectivity index (χ3n) is 3.18. The first-order chi connectivity index (χ1) is 10.1. The molecule has 2 nitrogen and oxygen atoms in total. The van der Waals surface area contributed by atoms with E-state index in [1.54, 1.807) is 12.3 Å². The first-order valence-electron chi connectivity index (χ1n) is 6.36. The Morgan fingerprint density at radius 3 is 2.86 bits per heavy atom. The Hall–Kier alpha value is -1.65. The summed E-state index contributed by atoms with van der Waals surface area (Å²) in [6.45, 7) is 0.511. The second-order valence-corrected chi connectivity index (χ2v) is 5.86. The molecule has 1 heterocycles. The quantitative estimate of drug-likeness (QED) is 0.672. The van der Waals surface area contributed by atoms with Crippen LogP contribution < -0.4 is 5.32 Å². The normalized spacial score (nSPS) is 10.8. The number of nitrogens with zero attached hydrogens (tertiary/aromatic N) is 1. The summed E-state index contributed by atoms with van der Waals surface area (Å²) in [6.07, 6.45) is 1.73. The van der Waals surface area contributed by atoms with Crippen LogP contribution >= 0.6 is 27.5 Å². The maximum Gasteiger partial charge on any atom is 0.137 e. The average molecular weight is 366 g/mol. The van der Waals surface area contributed by atoms with E-state index in [2.05, 4.69) is 26.2 Å². The minimum atomic E-state index is -0.270. The molecule has 0 atom stereocenters. The molecule has 3 aromatic rings.